The van der Waals surface area contributed by atoms with Gasteiger partial charge in [0, 0.05) is 11.8 Å². The number of methoxy groups -OCH3 is 1. The fourth-order valence-corrected chi connectivity index (χ4v) is 6.13. The molecule has 2 atom stereocenters. The van der Waals surface area contributed by atoms with E-state index in [0.717, 1.165) is 21.1 Å². The number of carboxylic acid groups (broad SMARTS) is 1. The number of halogens is 1. The van der Waals surface area contributed by atoms with E-state index in [-0.39, 0.29) is 26.6 Å². The van der Waals surface area contributed by atoms with Crippen molar-refractivity contribution in [3.63, 3.8) is 0 Å². The first-order valence-electron chi connectivity index (χ1n) is 9.30. The van der Waals surface area contributed by atoms with Gasteiger partial charge in [0.25, 0.3) is 11.8 Å². The number of nitrogen functional groups attached to an aromatic ring is 1. The summed E-state index contributed by atoms with van der Waals surface area (Å²) in [4.78, 5) is 43.2. The summed E-state index contributed by atoms with van der Waals surface area (Å²) in [5.74, 6) is -2.07. The molecule has 0 radical (unpaired) electrons. The van der Waals surface area contributed by atoms with Gasteiger partial charge in [-0.3, -0.25) is 14.5 Å². The number of hydrogen-bond donors (Lipinski definition) is 4. The summed E-state index contributed by atoms with van der Waals surface area (Å²) in [5, 5.41) is 23.9. The number of β-lactam (4-membered cyclic amide) rings is 1. The second kappa shape index (κ2) is 9.61. The van der Waals surface area contributed by atoms with Crippen LogP contribution in [0.25, 0.3) is 6.08 Å². The van der Waals surface area contributed by atoms with Gasteiger partial charge in [-0.1, -0.05) is 34.2 Å². The van der Waals surface area contributed by atoms with Crippen LogP contribution < -0.4 is 15.8 Å². The van der Waals surface area contributed by atoms with Gasteiger partial charge in [-0.15, -0.1) is 11.8 Å². The Kier molecular flexibility index (Phi) is 6.79. The van der Waals surface area contributed by atoms with Crippen LogP contribution in [0.2, 0.25) is 4.34 Å². The van der Waals surface area contributed by atoms with Gasteiger partial charge in [-0.2, -0.15) is 4.37 Å². The number of allylic oxidation sites excluding steroid dienone is 1. The SMILES string of the molecule is COc1cc(/C=C/C2=C(C(=O)O)N3C(=O)[C@@H](NC(=O)/C(=N\O)c4nc(N)sc4Cl)[C@H]3SC2)sn1. The highest BCUT2D eigenvalue weighted by Gasteiger charge is 2.54. The number of nitrogens with one attached hydrogen (secondary N) is 1. The molecule has 0 bridgehead atoms. The number of rotatable bonds is 7. The average Bonchev–Trinajstić information content (AvgIpc) is 3.41. The van der Waals surface area contributed by atoms with E-state index in [4.69, 9.17) is 22.1 Å². The van der Waals surface area contributed by atoms with Crippen LogP contribution >= 0.6 is 46.2 Å². The summed E-state index contributed by atoms with van der Waals surface area (Å²) in [6.07, 6.45) is 3.31. The largest absolute Gasteiger partial charge is 0.480 e. The second-order valence-corrected chi connectivity index (χ2v) is 10.3. The number of hydrogen-bond acceptors (Lipinski definition) is 12. The summed E-state index contributed by atoms with van der Waals surface area (Å²) >= 11 is 9.33. The summed E-state index contributed by atoms with van der Waals surface area (Å²) in [6.45, 7) is 0. The predicted molar refractivity (Wildman–Crippen MR) is 127 cm³/mol. The van der Waals surface area contributed by atoms with Crippen LogP contribution in [-0.4, -0.2) is 72.3 Å². The van der Waals surface area contributed by atoms with Crippen molar-refractivity contribution in [2.24, 2.45) is 5.16 Å². The van der Waals surface area contributed by atoms with Gasteiger partial charge in [-0.05, 0) is 23.2 Å². The van der Waals surface area contributed by atoms with E-state index in [1.807, 2.05) is 0 Å². The van der Waals surface area contributed by atoms with Crippen LogP contribution in [0.15, 0.2) is 28.6 Å². The summed E-state index contributed by atoms with van der Waals surface area (Å²) in [5.41, 5.74) is 5.19. The maximum absolute atomic E-state index is 12.8. The van der Waals surface area contributed by atoms with Crippen LogP contribution in [0.4, 0.5) is 5.13 Å². The molecule has 2 aliphatic heterocycles. The normalized spacial score (nSPS) is 20.4. The molecule has 0 aliphatic carbocycles. The maximum Gasteiger partial charge on any atom is 0.352 e. The van der Waals surface area contributed by atoms with Crippen molar-refractivity contribution in [2.45, 2.75) is 11.4 Å². The Morgan fingerprint density at radius 1 is 1.44 bits per heavy atom. The third kappa shape index (κ3) is 4.34. The molecule has 4 heterocycles. The standard InChI is InChI=1S/C18H15ClN6O6S3/c1-31-8-4-7(34-24-8)3-2-6-5-32-16-11(15(27)25(16)12(6)17(28)29)21-14(26)10(23-30)9-13(19)33-18(20)22-9/h2-4,11,16,30H,5H2,1H3,(H2,20,22)(H,21,26)(H,28,29)/b3-2+,23-10-/t11-,16-/m1/s1. The molecule has 34 heavy (non-hydrogen) atoms. The fraction of sp³-hybridized carbons (Fsp3) is 0.222. The first kappa shape index (κ1) is 24.0. The van der Waals surface area contributed by atoms with Crippen LogP contribution in [0, 0.1) is 0 Å². The lowest BCUT2D eigenvalue weighted by atomic mass is 10.0. The van der Waals surface area contributed by atoms with Crippen LogP contribution in [0.5, 0.6) is 5.88 Å². The molecule has 4 rings (SSSR count). The minimum Gasteiger partial charge on any atom is -0.480 e. The molecule has 16 heteroatoms. The van der Waals surface area contributed by atoms with Crippen LogP contribution in [0.1, 0.15) is 10.6 Å². The number of ether oxygens (including phenoxy) is 1. The van der Waals surface area contributed by atoms with Crippen molar-refractivity contribution in [3.8, 4) is 5.88 Å². The molecule has 12 nitrogen and oxygen atoms in total. The topological polar surface area (TPSA) is 180 Å². The Hall–Kier alpha value is -3.14. The molecule has 5 N–H and O–H groups in total. The van der Waals surface area contributed by atoms with E-state index in [9.17, 15) is 24.7 Å². The number of oxime groups is 1. The molecule has 1 fully saturated rings. The molecule has 178 valence electrons. The molecule has 2 aromatic heterocycles. The first-order chi connectivity index (χ1) is 16.2. The number of carbonyl (C=O) groups is 3. The quantitative estimate of drug-likeness (QED) is 0.173. The third-order valence-corrected chi connectivity index (χ3v) is 7.91. The molecule has 2 aromatic rings. The number of nitrogens with zero attached hydrogens (tertiary/aromatic N) is 4. The van der Waals surface area contributed by atoms with Crippen LogP contribution in [0.3, 0.4) is 0 Å². The predicted octanol–water partition coefficient (Wildman–Crippen LogP) is 1.47. The number of nitrogens with two attached hydrogens (primary N) is 1. The monoisotopic (exact) mass is 542 g/mol. The summed E-state index contributed by atoms with van der Waals surface area (Å²) < 4.78 is 9.14. The Bertz CT molecular complexity index is 1270. The lowest BCUT2D eigenvalue weighted by Crippen LogP contribution is -2.71. The van der Waals surface area contributed by atoms with Gasteiger partial charge in [0.1, 0.15) is 27.1 Å². The lowest BCUT2D eigenvalue weighted by Gasteiger charge is -2.49. The highest BCUT2D eigenvalue weighted by Crippen LogP contribution is 2.41. The third-order valence-electron chi connectivity index (χ3n) is 4.79. The second-order valence-electron chi connectivity index (χ2n) is 6.77. The van der Waals surface area contributed by atoms with Crippen molar-refractivity contribution < 1.29 is 29.4 Å². The van der Waals surface area contributed by atoms with Crippen molar-refractivity contribution >= 4 is 80.9 Å². The molecule has 0 spiro atoms. The lowest BCUT2D eigenvalue weighted by molar-refractivity contribution is -0.150. The number of aliphatic carboxylic acids is 1. The number of carboxylic acids is 1. The molecular formula is C18H15ClN6O6S3. The van der Waals surface area contributed by atoms with Crippen molar-refractivity contribution in [3.05, 3.63) is 38.3 Å². The van der Waals surface area contributed by atoms with Crippen molar-refractivity contribution in [1.29, 1.82) is 0 Å². The molecule has 1 saturated heterocycles. The average molecular weight is 543 g/mol. The maximum atomic E-state index is 12.8. The Morgan fingerprint density at radius 3 is 2.79 bits per heavy atom. The minimum atomic E-state index is -1.27. The fourth-order valence-electron chi connectivity index (χ4n) is 3.27. The Morgan fingerprint density at radius 2 is 2.21 bits per heavy atom. The Balaban J connectivity index is 1.52. The molecular weight excluding hydrogens is 528 g/mol. The highest BCUT2D eigenvalue weighted by atomic mass is 35.5. The van der Waals surface area contributed by atoms with Crippen molar-refractivity contribution in [1.82, 2.24) is 19.6 Å². The first-order valence-corrected chi connectivity index (χ1v) is 12.3. The molecule has 0 aromatic carbocycles. The van der Waals surface area contributed by atoms with E-state index in [0.29, 0.717) is 11.5 Å². The van der Waals surface area contributed by atoms with Gasteiger partial charge >= 0.3 is 5.97 Å². The van der Waals surface area contributed by atoms with E-state index in [2.05, 4.69) is 19.8 Å². The van der Waals surface area contributed by atoms with E-state index in [1.165, 1.54) is 30.4 Å². The number of thioether (sulfide) groups is 1. The number of carbonyl (C=O) groups excluding carboxylic acids is 2. The highest BCUT2D eigenvalue weighted by molar-refractivity contribution is 8.00. The number of thiazole rings is 1. The number of fused-ring (bicyclic) bond motifs is 1. The summed E-state index contributed by atoms with van der Waals surface area (Å²) in [7, 11) is 1.49. The van der Waals surface area contributed by atoms with Crippen molar-refractivity contribution in [2.75, 3.05) is 18.6 Å². The zero-order chi connectivity index (χ0) is 24.6. The number of amides is 2. The smallest absolute Gasteiger partial charge is 0.352 e. The Labute approximate surface area is 208 Å². The van der Waals surface area contributed by atoms with Gasteiger partial charge in [0.05, 0.1) is 12.0 Å². The zero-order valence-electron chi connectivity index (χ0n) is 17.1. The van der Waals surface area contributed by atoms with E-state index >= 15 is 0 Å². The van der Waals surface area contributed by atoms with Gasteiger partial charge < -0.3 is 26.1 Å². The summed E-state index contributed by atoms with van der Waals surface area (Å²) in [6, 6.07) is 0.665. The zero-order valence-corrected chi connectivity index (χ0v) is 20.3. The molecule has 0 unspecified atom stereocenters. The molecule has 2 aliphatic rings. The van der Waals surface area contributed by atoms with E-state index in [1.54, 1.807) is 18.2 Å². The molecule has 0 saturated carbocycles. The van der Waals surface area contributed by atoms with Gasteiger partial charge in [-0.25, -0.2) is 9.78 Å². The van der Waals surface area contributed by atoms with Gasteiger partial charge in [0.2, 0.25) is 5.88 Å². The van der Waals surface area contributed by atoms with E-state index < -0.39 is 34.9 Å². The van der Waals surface area contributed by atoms with Crippen LogP contribution in [-0.2, 0) is 14.4 Å². The number of anilines is 1. The molecule has 2 amide bonds. The number of aromatic nitrogens is 2. The minimum absolute atomic E-state index is 0.0418. The van der Waals surface area contributed by atoms with Gasteiger partial charge in [0.15, 0.2) is 10.8 Å².